The molecule has 0 unspecified atom stereocenters. The van der Waals surface area contributed by atoms with Gasteiger partial charge < -0.3 is 10.1 Å². The third-order valence-electron chi connectivity index (χ3n) is 6.74. The van der Waals surface area contributed by atoms with Crippen molar-refractivity contribution in [3.63, 3.8) is 0 Å². The second-order valence-corrected chi connectivity index (χ2v) is 9.51. The van der Waals surface area contributed by atoms with Gasteiger partial charge in [0.2, 0.25) is 11.8 Å². The van der Waals surface area contributed by atoms with E-state index < -0.39 is 0 Å². The Morgan fingerprint density at radius 1 is 1.22 bits per heavy atom. The van der Waals surface area contributed by atoms with E-state index in [4.69, 9.17) is 9.72 Å². The van der Waals surface area contributed by atoms with Crippen LogP contribution in [0.2, 0.25) is 0 Å². The van der Waals surface area contributed by atoms with Gasteiger partial charge in [0.15, 0.2) is 11.5 Å². The third-order valence-corrected chi connectivity index (χ3v) is 6.74. The van der Waals surface area contributed by atoms with Crippen molar-refractivity contribution in [3.05, 3.63) is 76.7 Å². The maximum absolute atomic E-state index is 13.2. The van der Waals surface area contributed by atoms with Crippen LogP contribution < -0.4 is 15.6 Å². The highest BCUT2D eigenvalue weighted by atomic mass is 16.5. The van der Waals surface area contributed by atoms with E-state index in [-0.39, 0.29) is 11.1 Å². The number of hydrogen-bond acceptors (Lipinski definition) is 7. The lowest BCUT2D eigenvalue weighted by molar-refractivity contribution is 0.178. The fraction of sp³-hybridized carbons (Fsp3) is 0.333. The van der Waals surface area contributed by atoms with Crippen molar-refractivity contribution in [3.8, 4) is 11.7 Å². The molecule has 1 N–H and O–H groups in total. The van der Waals surface area contributed by atoms with Crippen LogP contribution in [0.1, 0.15) is 38.3 Å². The van der Waals surface area contributed by atoms with Crippen molar-refractivity contribution in [1.29, 1.82) is 0 Å². The Labute approximate surface area is 210 Å². The van der Waals surface area contributed by atoms with E-state index in [0.717, 1.165) is 18.7 Å². The largest absolute Gasteiger partial charge is 0.478 e. The Balaban J connectivity index is 1.56. The molecule has 0 saturated heterocycles. The standard InChI is InChI=1S/C27H31N7O2/c1-6-13-33-25(35)20-16-28-26(29-19-11-12-21-18(15-19)17-32(5)27(21,3)4)31-24(20)34(33)22-9-8-10-23(30-22)36-14-7-2/h6,8-12,15-16H,1,7,13-14,17H2,2-5H3,(H,28,29,31). The van der Waals surface area contributed by atoms with Crippen LogP contribution in [0, 0.1) is 0 Å². The number of rotatable bonds is 8. The predicted molar refractivity (Wildman–Crippen MR) is 141 cm³/mol. The predicted octanol–water partition coefficient (Wildman–Crippen LogP) is 4.38. The van der Waals surface area contributed by atoms with Crippen molar-refractivity contribution in [2.24, 2.45) is 0 Å². The minimum Gasteiger partial charge on any atom is -0.478 e. The smallest absolute Gasteiger partial charge is 0.278 e. The van der Waals surface area contributed by atoms with Gasteiger partial charge in [0.05, 0.1) is 13.2 Å². The highest BCUT2D eigenvalue weighted by molar-refractivity contribution is 5.77. The number of ether oxygens (including phenoxy) is 1. The van der Waals surface area contributed by atoms with Gasteiger partial charge in [-0.2, -0.15) is 9.97 Å². The van der Waals surface area contributed by atoms with Crippen LogP contribution in [0.3, 0.4) is 0 Å². The summed E-state index contributed by atoms with van der Waals surface area (Å²) < 4.78 is 8.97. The number of hydrogen-bond donors (Lipinski definition) is 1. The molecule has 0 radical (unpaired) electrons. The van der Waals surface area contributed by atoms with Crippen LogP contribution in [-0.2, 0) is 18.6 Å². The molecule has 0 bridgehead atoms. The summed E-state index contributed by atoms with van der Waals surface area (Å²) in [7, 11) is 2.13. The van der Waals surface area contributed by atoms with Crippen molar-refractivity contribution in [2.75, 3.05) is 19.0 Å². The molecule has 4 aromatic rings. The van der Waals surface area contributed by atoms with Crippen LogP contribution in [0.5, 0.6) is 5.88 Å². The minimum absolute atomic E-state index is 0.00418. The van der Waals surface area contributed by atoms with E-state index in [1.165, 1.54) is 11.1 Å². The molecule has 0 spiro atoms. The van der Waals surface area contributed by atoms with Gasteiger partial charge in [-0.05, 0) is 56.6 Å². The highest BCUT2D eigenvalue weighted by Gasteiger charge is 2.34. The maximum atomic E-state index is 13.2. The van der Waals surface area contributed by atoms with E-state index in [0.29, 0.717) is 41.8 Å². The maximum Gasteiger partial charge on any atom is 0.278 e. The number of allylic oxidation sites excluding steroid dienone is 1. The van der Waals surface area contributed by atoms with Crippen molar-refractivity contribution >= 4 is 22.7 Å². The molecule has 3 aromatic heterocycles. The van der Waals surface area contributed by atoms with Crippen LogP contribution in [-0.4, -0.2) is 42.9 Å². The first kappa shape index (κ1) is 23.7. The monoisotopic (exact) mass is 485 g/mol. The van der Waals surface area contributed by atoms with Gasteiger partial charge in [-0.1, -0.05) is 25.1 Å². The topological polar surface area (TPSA) is 90.1 Å². The molecule has 186 valence electrons. The van der Waals surface area contributed by atoms with Gasteiger partial charge in [-0.3, -0.25) is 9.69 Å². The molecule has 9 heteroatoms. The van der Waals surface area contributed by atoms with Crippen molar-refractivity contribution in [1.82, 2.24) is 29.2 Å². The molecule has 1 aliphatic heterocycles. The average molecular weight is 486 g/mol. The highest BCUT2D eigenvalue weighted by Crippen LogP contribution is 2.38. The lowest BCUT2D eigenvalue weighted by atomic mass is 9.94. The Morgan fingerprint density at radius 3 is 2.83 bits per heavy atom. The van der Waals surface area contributed by atoms with Gasteiger partial charge in [0, 0.05) is 30.0 Å². The quantitative estimate of drug-likeness (QED) is 0.371. The molecule has 0 aliphatic carbocycles. The summed E-state index contributed by atoms with van der Waals surface area (Å²) in [6, 6.07) is 11.8. The fourth-order valence-corrected chi connectivity index (χ4v) is 4.60. The number of fused-ring (bicyclic) bond motifs is 2. The summed E-state index contributed by atoms with van der Waals surface area (Å²) in [4.78, 5) is 29.3. The summed E-state index contributed by atoms with van der Waals surface area (Å²) in [5.41, 5.74) is 3.74. The van der Waals surface area contributed by atoms with Gasteiger partial charge in [-0.15, -0.1) is 6.58 Å². The number of nitrogens with zero attached hydrogens (tertiary/aromatic N) is 6. The Morgan fingerprint density at radius 2 is 2.06 bits per heavy atom. The number of benzene rings is 1. The zero-order chi connectivity index (χ0) is 25.4. The van der Waals surface area contributed by atoms with Crippen molar-refractivity contribution in [2.45, 2.75) is 45.8 Å². The molecule has 36 heavy (non-hydrogen) atoms. The lowest BCUT2D eigenvalue weighted by Crippen LogP contribution is -2.31. The van der Waals surface area contributed by atoms with Crippen LogP contribution in [0.4, 0.5) is 11.6 Å². The molecule has 0 amide bonds. The van der Waals surface area contributed by atoms with E-state index in [1.54, 1.807) is 27.7 Å². The number of anilines is 2. The fourth-order valence-electron chi connectivity index (χ4n) is 4.60. The van der Waals surface area contributed by atoms with Crippen LogP contribution >= 0.6 is 0 Å². The molecule has 0 saturated carbocycles. The summed E-state index contributed by atoms with van der Waals surface area (Å²) in [5, 5.41) is 3.72. The Bertz CT molecular complexity index is 1500. The summed E-state index contributed by atoms with van der Waals surface area (Å²) in [5.74, 6) is 1.42. The van der Waals surface area contributed by atoms with Gasteiger partial charge >= 0.3 is 0 Å². The number of nitrogens with one attached hydrogen (secondary N) is 1. The first-order valence-corrected chi connectivity index (χ1v) is 12.1. The normalized spacial score (nSPS) is 14.7. The summed E-state index contributed by atoms with van der Waals surface area (Å²) in [6.07, 6.45) is 4.10. The summed E-state index contributed by atoms with van der Waals surface area (Å²) >= 11 is 0. The van der Waals surface area contributed by atoms with E-state index in [2.05, 4.69) is 59.8 Å². The SMILES string of the molecule is C=CCn1c(=O)c2cnc(Nc3ccc4c(c3)CN(C)C4(C)C)nc2n1-c1cccc(OCCC)n1. The first-order chi connectivity index (χ1) is 17.3. The van der Waals surface area contributed by atoms with E-state index in [9.17, 15) is 4.79 Å². The molecule has 9 nitrogen and oxygen atoms in total. The molecule has 0 fully saturated rings. The first-order valence-electron chi connectivity index (χ1n) is 12.1. The zero-order valence-electron chi connectivity index (χ0n) is 21.2. The summed E-state index contributed by atoms with van der Waals surface area (Å²) in [6.45, 7) is 12.0. The number of pyridine rings is 1. The third kappa shape index (κ3) is 4.05. The number of aromatic nitrogens is 5. The second-order valence-electron chi connectivity index (χ2n) is 9.51. The van der Waals surface area contributed by atoms with Crippen molar-refractivity contribution < 1.29 is 4.74 Å². The van der Waals surface area contributed by atoms with Crippen LogP contribution in [0.15, 0.2) is 60.0 Å². The second kappa shape index (κ2) is 9.23. The average Bonchev–Trinajstić information content (AvgIpc) is 3.26. The van der Waals surface area contributed by atoms with Gasteiger partial charge in [-0.25, -0.2) is 14.3 Å². The van der Waals surface area contributed by atoms with Gasteiger partial charge in [0.1, 0.15) is 5.39 Å². The molecule has 1 aliphatic rings. The van der Waals surface area contributed by atoms with Crippen LogP contribution in [0.25, 0.3) is 16.9 Å². The lowest BCUT2D eigenvalue weighted by Gasteiger charge is -2.28. The molecule has 1 aromatic carbocycles. The molecule has 0 atom stereocenters. The van der Waals surface area contributed by atoms with E-state index in [1.807, 2.05) is 25.1 Å². The molecule has 4 heterocycles. The molecular weight excluding hydrogens is 454 g/mol. The molecule has 5 rings (SSSR count). The zero-order valence-corrected chi connectivity index (χ0v) is 21.2. The minimum atomic E-state index is -0.207. The Hall–Kier alpha value is -3.98. The molecular formula is C27H31N7O2. The van der Waals surface area contributed by atoms with E-state index >= 15 is 0 Å². The Kier molecular flexibility index (Phi) is 6.09. The van der Waals surface area contributed by atoms with Gasteiger partial charge in [0.25, 0.3) is 5.56 Å².